The van der Waals surface area contributed by atoms with E-state index >= 15 is 0 Å². The standard InChI is InChI=1S/C25H26BrClN2O4/c1-4-32-24-13-19(11-21(26)25(24)33-16-17-5-8-20(27)9-6-17)15-29-28-14-18-7-10-22(30-2)23(12-18)31-3/h5-13,15,28H,4,14,16H2,1-3H3/b29-15+. The van der Waals surface area contributed by atoms with Crippen molar-refractivity contribution in [2.45, 2.75) is 20.1 Å². The van der Waals surface area contributed by atoms with Crippen LogP contribution in [0.1, 0.15) is 23.6 Å². The first-order valence-corrected chi connectivity index (χ1v) is 11.5. The summed E-state index contributed by atoms with van der Waals surface area (Å²) in [5.74, 6) is 2.65. The van der Waals surface area contributed by atoms with Gasteiger partial charge in [-0.3, -0.25) is 0 Å². The Balaban J connectivity index is 1.66. The molecular weight excluding hydrogens is 508 g/mol. The number of ether oxygens (including phenoxy) is 4. The minimum Gasteiger partial charge on any atom is -0.493 e. The molecule has 0 aliphatic rings. The van der Waals surface area contributed by atoms with Crippen molar-refractivity contribution >= 4 is 33.7 Å². The van der Waals surface area contributed by atoms with Crippen LogP contribution in [0.3, 0.4) is 0 Å². The van der Waals surface area contributed by atoms with Gasteiger partial charge in [0.15, 0.2) is 23.0 Å². The Hall–Kier alpha value is -2.90. The lowest BCUT2D eigenvalue weighted by atomic mass is 10.2. The maximum atomic E-state index is 6.03. The molecule has 0 aromatic heterocycles. The van der Waals surface area contributed by atoms with E-state index in [1.807, 2.05) is 61.5 Å². The van der Waals surface area contributed by atoms with Crippen molar-refractivity contribution < 1.29 is 18.9 Å². The van der Waals surface area contributed by atoms with Crippen molar-refractivity contribution in [3.05, 3.63) is 80.8 Å². The lowest BCUT2D eigenvalue weighted by Crippen LogP contribution is -2.06. The number of nitrogens with one attached hydrogen (secondary N) is 1. The van der Waals surface area contributed by atoms with Crippen molar-refractivity contribution in [2.24, 2.45) is 5.10 Å². The van der Waals surface area contributed by atoms with E-state index in [2.05, 4.69) is 26.5 Å². The summed E-state index contributed by atoms with van der Waals surface area (Å²) in [6.45, 7) is 3.39. The van der Waals surface area contributed by atoms with Gasteiger partial charge in [-0.25, -0.2) is 0 Å². The molecule has 0 saturated carbocycles. The van der Waals surface area contributed by atoms with E-state index in [-0.39, 0.29) is 0 Å². The molecule has 0 bridgehead atoms. The molecule has 0 fully saturated rings. The lowest BCUT2D eigenvalue weighted by Gasteiger charge is -2.15. The highest BCUT2D eigenvalue weighted by molar-refractivity contribution is 9.10. The summed E-state index contributed by atoms with van der Waals surface area (Å²) in [6.07, 6.45) is 1.73. The number of nitrogens with zero attached hydrogens (tertiary/aromatic N) is 1. The molecule has 0 atom stereocenters. The molecular formula is C25H26BrClN2O4. The molecule has 0 aliphatic heterocycles. The summed E-state index contributed by atoms with van der Waals surface area (Å²) in [4.78, 5) is 0. The first kappa shape index (κ1) is 24.7. The monoisotopic (exact) mass is 532 g/mol. The molecule has 6 nitrogen and oxygen atoms in total. The van der Waals surface area contributed by atoms with Crippen molar-refractivity contribution in [1.29, 1.82) is 0 Å². The fourth-order valence-corrected chi connectivity index (χ4v) is 3.75. The number of halogens is 2. The normalized spacial score (nSPS) is 10.8. The summed E-state index contributed by atoms with van der Waals surface area (Å²) in [7, 11) is 3.23. The molecule has 0 unspecified atom stereocenters. The molecule has 0 saturated heterocycles. The van der Waals surface area contributed by atoms with Gasteiger partial charge >= 0.3 is 0 Å². The molecule has 0 aliphatic carbocycles. The van der Waals surface area contributed by atoms with Gasteiger partial charge in [0, 0.05) is 5.02 Å². The molecule has 0 amide bonds. The van der Waals surface area contributed by atoms with Crippen molar-refractivity contribution in [2.75, 3.05) is 20.8 Å². The van der Waals surface area contributed by atoms with E-state index in [0.29, 0.717) is 47.8 Å². The quantitative estimate of drug-likeness (QED) is 0.234. The third-order valence-corrected chi connectivity index (χ3v) is 5.51. The fraction of sp³-hybridized carbons (Fsp3) is 0.240. The predicted octanol–water partition coefficient (Wildman–Crippen LogP) is 6.22. The average molecular weight is 534 g/mol. The van der Waals surface area contributed by atoms with Crippen molar-refractivity contribution in [1.82, 2.24) is 5.43 Å². The molecule has 33 heavy (non-hydrogen) atoms. The maximum absolute atomic E-state index is 6.03. The smallest absolute Gasteiger partial charge is 0.175 e. The molecule has 8 heteroatoms. The highest BCUT2D eigenvalue weighted by Gasteiger charge is 2.12. The number of hydrogen-bond acceptors (Lipinski definition) is 6. The zero-order chi connectivity index (χ0) is 23.6. The van der Waals surface area contributed by atoms with Crippen LogP contribution in [0.5, 0.6) is 23.0 Å². The minimum absolute atomic E-state index is 0.399. The maximum Gasteiger partial charge on any atom is 0.175 e. The van der Waals surface area contributed by atoms with Crippen molar-refractivity contribution in [3.63, 3.8) is 0 Å². The molecule has 3 rings (SSSR count). The summed E-state index contributed by atoms with van der Waals surface area (Å²) >= 11 is 9.55. The number of rotatable bonds is 11. The Morgan fingerprint density at radius 2 is 1.64 bits per heavy atom. The van der Waals surface area contributed by atoms with Crippen molar-refractivity contribution in [3.8, 4) is 23.0 Å². The van der Waals surface area contributed by atoms with E-state index in [4.69, 9.17) is 30.5 Å². The van der Waals surface area contributed by atoms with Gasteiger partial charge in [0.25, 0.3) is 0 Å². The number of benzene rings is 3. The van der Waals surface area contributed by atoms with Gasteiger partial charge in [0.1, 0.15) is 6.61 Å². The molecule has 0 spiro atoms. The Kier molecular flexibility index (Phi) is 9.27. The summed E-state index contributed by atoms with van der Waals surface area (Å²) in [6, 6.07) is 17.1. The van der Waals surface area contributed by atoms with E-state index in [1.165, 1.54) is 0 Å². The van der Waals surface area contributed by atoms with E-state index in [1.54, 1.807) is 20.4 Å². The largest absolute Gasteiger partial charge is 0.493 e. The molecule has 3 aromatic carbocycles. The Bertz CT molecular complexity index is 1090. The second-order valence-electron chi connectivity index (χ2n) is 6.96. The van der Waals surface area contributed by atoms with Crippen LogP contribution in [-0.4, -0.2) is 27.0 Å². The Morgan fingerprint density at radius 1 is 0.909 bits per heavy atom. The average Bonchev–Trinajstić information content (AvgIpc) is 2.82. The molecule has 3 aromatic rings. The van der Waals surface area contributed by atoms with Crippen LogP contribution in [0.15, 0.2) is 64.2 Å². The van der Waals surface area contributed by atoms with Gasteiger partial charge < -0.3 is 24.4 Å². The van der Waals surface area contributed by atoms with Crippen LogP contribution in [0.25, 0.3) is 0 Å². The Labute approximate surface area is 207 Å². The van der Waals surface area contributed by atoms with Crippen LogP contribution in [-0.2, 0) is 13.2 Å². The lowest BCUT2D eigenvalue weighted by molar-refractivity contribution is 0.267. The third kappa shape index (κ3) is 7.04. The summed E-state index contributed by atoms with van der Waals surface area (Å²) in [5, 5.41) is 5.02. The van der Waals surface area contributed by atoms with E-state index in [0.717, 1.165) is 21.2 Å². The summed E-state index contributed by atoms with van der Waals surface area (Å²) in [5.41, 5.74) is 5.95. The summed E-state index contributed by atoms with van der Waals surface area (Å²) < 4.78 is 23.2. The van der Waals surface area contributed by atoms with E-state index in [9.17, 15) is 0 Å². The molecule has 0 heterocycles. The second kappa shape index (κ2) is 12.4. The van der Waals surface area contributed by atoms with Gasteiger partial charge in [-0.15, -0.1) is 0 Å². The van der Waals surface area contributed by atoms with Crippen LogP contribution < -0.4 is 24.4 Å². The minimum atomic E-state index is 0.399. The SMILES string of the molecule is CCOc1cc(/C=N/NCc2ccc(OC)c(OC)c2)cc(Br)c1OCc1ccc(Cl)cc1. The van der Waals surface area contributed by atoms with Gasteiger partial charge in [0.05, 0.1) is 38.1 Å². The fourth-order valence-electron chi connectivity index (χ4n) is 3.05. The third-order valence-electron chi connectivity index (χ3n) is 4.66. The predicted molar refractivity (Wildman–Crippen MR) is 135 cm³/mol. The second-order valence-corrected chi connectivity index (χ2v) is 8.25. The van der Waals surface area contributed by atoms with Crippen LogP contribution >= 0.6 is 27.5 Å². The molecule has 1 N–H and O–H groups in total. The number of hydrazone groups is 1. The van der Waals surface area contributed by atoms with Gasteiger partial charge in [-0.2, -0.15) is 5.10 Å². The van der Waals surface area contributed by atoms with Gasteiger partial charge in [-0.05, 0) is 75.9 Å². The molecule has 0 radical (unpaired) electrons. The highest BCUT2D eigenvalue weighted by atomic mass is 79.9. The Morgan fingerprint density at radius 3 is 2.33 bits per heavy atom. The first-order chi connectivity index (χ1) is 16.0. The van der Waals surface area contributed by atoms with Gasteiger partial charge in [-0.1, -0.05) is 29.8 Å². The van der Waals surface area contributed by atoms with Crippen LogP contribution in [0.4, 0.5) is 0 Å². The zero-order valence-corrected chi connectivity index (χ0v) is 21.1. The van der Waals surface area contributed by atoms with E-state index < -0.39 is 0 Å². The molecule has 174 valence electrons. The van der Waals surface area contributed by atoms with Crippen LogP contribution in [0, 0.1) is 0 Å². The zero-order valence-electron chi connectivity index (χ0n) is 18.7. The first-order valence-electron chi connectivity index (χ1n) is 10.3. The van der Waals surface area contributed by atoms with Gasteiger partial charge in [0.2, 0.25) is 0 Å². The number of methoxy groups -OCH3 is 2. The number of hydrogen-bond donors (Lipinski definition) is 1. The topological polar surface area (TPSA) is 61.3 Å². The van der Waals surface area contributed by atoms with Crippen LogP contribution in [0.2, 0.25) is 5.02 Å². The highest BCUT2D eigenvalue weighted by Crippen LogP contribution is 2.37.